The number of sulfonamides is 1. The van der Waals surface area contributed by atoms with Gasteiger partial charge in [-0.15, -0.1) is 0 Å². The largest absolute Gasteiger partial charge is 0.379 e. The number of hydrogen-bond acceptors (Lipinski definition) is 6. The summed E-state index contributed by atoms with van der Waals surface area (Å²) in [6.45, 7) is 2.85. The third-order valence-corrected chi connectivity index (χ3v) is 7.55. The maximum atomic E-state index is 12.9. The molecule has 1 aromatic heterocycles. The summed E-state index contributed by atoms with van der Waals surface area (Å²) in [6.07, 6.45) is 2.71. The molecule has 0 aliphatic carbocycles. The van der Waals surface area contributed by atoms with E-state index in [4.69, 9.17) is 9.47 Å². The minimum atomic E-state index is -3.57. The lowest BCUT2D eigenvalue weighted by molar-refractivity contribution is -0.122. The minimum absolute atomic E-state index is 0.0202. The Morgan fingerprint density at radius 2 is 2.03 bits per heavy atom. The Labute approximate surface area is 176 Å². The molecule has 2 aliphatic heterocycles. The van der Waals surface area contributed by atoms with Crippen molar-refractivity contribution in [2.45, 2.75) is 36.6 Å². The van der Waals surface area contributed by atoms with Crippen molar-refractivity contribution in [3.05, 3.63) is 24.0 Å². The number of nitrogens with zero attached hydrogens (tertiary/aromatic N) is 3. The van der Waals surface area contributed by atoms with Crippen molar-refractivity contribution in [2.24, 2.45) is 7.05 Å². The molecule has 2 fully saturated rings. The molecule has 0 saturated carbocycles. The lowest BCUT2D eigenvalue weighted by Gasteiger charge is -2.26. The molecule has 9 nitrogen and oxygen atoms in total. The van der Waals surface area contributed by atoms with Crippen LogP contribution in [0.1, 0.15) is 25.1 Å². The second kappa shape index (κ2) is 9.01. The number of carbonyl (C=O) groups excluding carboxylic acids is 1. The van der Waals surface area contributed by atoms with Gasteiger partial charge in [0.2, 0.25) is 15.9 Å². The number of benzene rings is 1. The molecule has 3 heterocycles. The fraction of sp³-hybridized carbons (Fsp3) is 0.600. The first-order valence-corrected chi connectivity index (χ1v) is 11.8. The average molecular weight is 437 g/mol. The van der Waals surface area contributed by atoms with Gasteiger partial charge in [-0.25, -0.2) is 13.4 Å². The van der Waals surface area contributed by atoms with Gasteiger partial charge in [-0.05, 0) is 31.0 Å². The number of fused-ring (bicyclic) bond motifs is 1. The Kier molecular flexibility index (Phi) is 6.37. The van der Waals surface area contributed by atoms with Crippen LogP contribution in [0.3, 0.4) is 0 Å². The average Bonchev–Trinajstić information content (AvgIpc) is 3.08. The molecule has 164 valence electrons. The molecule has 2 saturated heterocycles. The summed E-state index contributed by atoms with van der Waals surface area (Å²) >= 11 is 0. The number of aryl methyl sites for hydroxylation is 2. The van der Waals surface area contributed by atoms with E-state index in [-0.39, 0.29) is 16.8 Å². The second-order valence-corrected chi connectivity index (χ2v) is 9.67. The SMILES string of the molecule is Cn1c(CCC(=O)NC2CCCOC2)nc2cc(S(=O)(=O)N3CCOCC3)ccc21. The lowest BCUT2D eigenvalue weighted by Crippen LogP contribution is -2.40. The number of hydrogen-bond donors (Lipinski definition) is 1. The molecule has 30 heavy (non-hydrogen) atoms. The van der Waals surface area contributed by atoms with Crippen molar-refractivity contribution in [3.8, 4) is 0 Å². The third-order valence-electron chi connectivity index (χ3n) is 5.65. The maximum Gasteiger partial charge on any atom is 0.243 e. The Balaban J connectivity index is 1.46. The summed E-state index contributed by atoms with van der Waals surface area (Å²) in [4.78, 5) is 17.1. The van der Waals surface area contributed by atoms with E-state index in [0.717, 1.165) is 30.8 Å². The van der Waals surface area contributed by atoms with Gasteiger partial charge in [0.25, 0.3) is 0 Å². The molecule has 1 amide bonds. The molecule has 4 rings (SSSR count). The van der Waals surface area contributed by atoms with E-state index in [9.17, 15) is 13.2 Å². The van der Waals surface area contributed by atoms with E-state index in [1.165, 1.54) is 4.31 Å². The van der Waals surface area contributed by atoms with Gasteiger partial charge in [-0.2, -0.15) is 4.31 Å². The van der Waals surface area contributed by atoms with Crippen LogP contribution in [-0.2, 0) is 37.8 Å². The minimum Gasteiger partial charge on any atom is -0.379 e. The van der Waals surface area contributed by atoms with Crippen molar-refractivity contribution in [2.75, 3.05) is 39.5 Å². The summed E-state index contributed by atoms with van der Waals surface area (Å²) in [5.41, 5.74) is 1.45. The van der Waals surface area contributed by atoms with Crippen LogP contribution < -0.4 is 5.32 Å². The van der Waals surface area contributed by atoms with Crippen LogP contribution in [0.4, 0.5) is 0 Å². The zero-order chi connectivity index (χ0) is 21.1. The predicted octanol–water partition coefficient (Wildman–Crippen LogP) is 0.822. The smallest absolute Gasteiger partial charge is 0.243 e. The molecule has 1 N–H and O–H groups in total. The Morgan fingerprint density at radius 3 is 2.77 bits per heavy atom. The molecule has 1 atom stereocenters. The van der Waals surface area contributed by atoms with Crippen LogP contribution in [0.2, 0.25) is 0 Å². The Hall–Kier alpha value is -2.01. The predicted molar refractivity (Wildman–Crippen MR) is 111 cm³/mol. The van der Waals surface area contributed by atoms with Gasteiger partial charge >= 0.3 is 0 Å². The third kappa shape index (κ3) is 4.51. The van der Waals surface area contributed by atoms with Gasteiger partial charge in [0.15, 0.2) is 0 Å². The van der Waals surface area contributed by atoms with E-state index in [1.807, 2.05) is 11.6 Å². The molecular formula is C20H28N4O5S. The van der Waals surface area contributed by atoms with Crippen LogP contribution in [-0.4, -0.2) is 73.7 Å². The summed E-state index contributed by atoms with van der Waals surface area (Å²) in [5, 5.41) is 3.01. The van der Waals surface area contributed by atoms with E-state index in [2.05, 4.69) is 10.3 Å². The number of ether oxygens (including phenoxy) is 2. The van der Waals surface area contributed by atoms with Gasteiger partial charge in [-0.1, -0.05) is 0 Å². The zero-order valence-corrected chi connectivity index (χ0v) is 18.0. The highest BCUT2D eigenvalue weighted by molar-refractivity contribution is 7.89. The van der Waals surface area contributed by atoms with E-state index < -0.39 is 10.0 Å². The van der Waals surface area contributed by atoms with Gasteiger partial charge in [0, 0.05) is 39.6 Å². The van der Waals surface area contributed by atoms with Crippen LogP contribution in [0.15, 0.2) is 23.1 Å². The number of aromatic nitrogens is 2. The van der Waals surface area contributed by atoms with Crippen LogP contribution in [0.25, 0.3) is 11.0 Å². The van der Waals surface area contributed by atoms with Gasteiger partial charge in [0.05, 0.1) is 41.8 Å². The Morgan fingerprint density at radius 1 is 1.23 bits per heavy atom. The summed E-state index contributed by atoms with van der Waals surface area (Å²) in [5.74, 6) is 0.731. The molecule has 0 radical (unpaired) electrons. The normalized spacial score (nSPS) is 21.0. The van der Waals surface area contributed by atoms with Crippen LogP contribution in [0.5, 0.6) is 0 Å². The van der Waals surface area contributed by atoms with Crippen LogP contribution >= 0.6 is 0 Å². The molecule has 2 aromatic rings. The van der Waals surface area contributed by atoms with E-state index in [1.54, 1.807) is 18.2 Å². The zero-order valence-electron chi connectivity index (χ0n) is 17.2. The number of imidazole rings is 1. The molecule has 1 unspecified atom stereocenters. The van der Waals surface area contributed by atoms with Gasteiger partial charge < -0.3 is 19.4 Å². The van der Waals surface area contributed by atoms with Crippen molar-refractivity contribution in [3.63, 3.8) is 0 Å². The number of carbonyl (C=O) groups is 1. The molecular weight excluding hydrogens is 408 g/mol. The second-order valence-electron chi connectivity index (χ2n) is 7.74. The van der Waals surface area contributed by atoms with Crippen molar-refractivity contribution >= 4 is 27.0 Å². The first-order chi connectivity index (χ1) is 14.4. The summed E-state index contributed by atoms with van der Waals surface area (Å²) < 4.78 is 39.8. The van der Waals surface area contributed by atoms with Gasteiger partial charge in [-0.3, -0.25) is 4.79 Å². The highest BCUT2D eigenvalue weighted by Crippen LogP contribution is 2.23. The monoisotopic (exact) mass is 436 g/mol. The molecule has 1 aromatic carbocycles. The van der Waals surface area contributed by atoms with E-state index in [0.29, 0.717) is 51.3 Å². The first kappa shape index (κ1) is 21.2. The highest BCUT2D eigenvalue weighted by atomic mass is 32.2. The molecule has 0 bridgehead atoms. The van der Waals surface area contributed by atoms with Crippen LogP contribution in [0, 0.1) is 0 Å². The lowest BCUT2D eigenvalue weighted by atomic mass is 10.1. The number of amides is 1. The molecule has 2 aliphatic rings. The van der Waals surface area contributed by atoms with E-state index >= 15 is 0 Å². The fourth-order valence-electron chi connectivity index (χ4n) is 3.93. The Bertz CT molecular complexity index is 1010. The summed E-state index contributed by atoms with van der Waals surface area (Å²) in [6, 6.07) is 5.09. The molecule has 0 spiro atoms. The van der Waals surface area contributed by atoms with Crippen molar-refractivity contribution in [1.82, 2.24) is 19.2 Å². The fourth-order valence-corrected chi connectivity index (χ4v) is 5.36. The first-order valence-electron chi connectivity index (χ1n) is 10.4. The quantitative estimate of drug-likeness (QED) is 0.719. The molecule has 10 heteroatoms. The van der Waals surface area contributed by atoms with Gasteiger partial charge in [0.1, 0.15) is 5.82 Å². The maximum absolute atomic E-state index is 12.9. The topological polar surface area (TPSA) is 103 Å². The van der Waals surface area contributed by atoms with Crippen molar-refractivity contribution < 1.29 is 22.7 Å². The van der Waals surface area contributed by atoms with Crippen molar-refractivity contribution in [1.29, 1.82) is 0 Å². The number of nitrogens with one attached hydrogen (secondary N) is 1. The number of rotatable bonds is 6. The summed E-state index contributed by atoms with van der Waals surface area (Å²) in [7, 11) is -1.69. The number of morpholine rings is 1. The highest BCUT2D eigenvalue weighted by Gasteiger charge is 2.27. The standard InChI is InChI=1S/C20H28N4O5S/c1-23-18-5-4-16(30(26,27)24-8-11-28-12-9-24)13-17(18)22-19(23)6-7-20(25)21-15-3-2-10-29-14-15/h4-5,13,15H,2-3,6-12,14H2,1H3,(H,21,25).